The molecule has 1 heterocycles. The van der Waals surface area contributed by atoms with Crippen molar-refractivity contribution in [3.8, 4) is 0 Å². The van der Waals surface area contributed by atoms with E-state index >= 15 is 0 Å². The highest BCUT2D eigenvalue weighted by Crippen LogP contribution is 2.14. The Kier molecular flexibility index (Phi) is 12.4. The molecule has 3 N–H and O–H groups in total. The molecule has 1 saturated heterocycles. The first-order valence-corrected chi connectivity index (χ1v) is 10.1. The van der Waals surface area contributed by atoms with Crippen LogP contribution in [0.15, 0.2) is 11.6 Å². The summed E-state index contributed by atoms with van der Waals surface area (Å²) in [5, 5.41) is 14.9. The Labute approximate surface area is 169 Å². The van der Waals surface area contributed by atoms with E-state index in [0.29, 0.717) is 0 Å². The lowest BCUT2D eigenvalue weighted by atomic mass is 9.97. The van der Waals surface area contributed by atoms with Gasteiger partial charge in [-0.05, 0) is 44.7 Å². The highest BCUT2D eigenvalue weighted by Gasteiger charge is 2.25. The van der Waals surface area contributed by atoms with Crippen molar-refractivity contribution in [1.29, 1.82) is 0 Å². The average molecular weight is 398 g/mol. The van der Waals surface area contributed by atoms with E-state index in [0.717, 1.165) is 31.8 Å². The van der Waals surface area contributed by atoms with Crippen LogP contribution in [0.3, 0.4) is 0 Å². The largest absolute Gasteiger partial charge is 0.478 e. The first kappa shape index (κ1) is 26.1. The summed E-state index contributed by atoms with van der Waals surface area (Å²) in [5.74, 6) is -0.462. The number of carboxylic acid groups (broad SMARTS) is 1. The van der Waals surface area contributed by atoms with Crippen LogP contribution in [-0.4, -0.2) is 60.5 Å². The second-order valence-corrected chi connectivity index (χ2v) is 8.37. The van der Waals surface area contributed by atoms with Crippen LogP contribution in [0, 0.1) is 17.8 Å². The molecule has 2 amide bonds. The second-order valence-electron chi connectivity index (χ2n) is 8.37. The van der Waals surface area contributed by atoms with Crippen molar-refractivity contribution in [2.24, 2.45) is 17.8 Å². The molecule has 0 bridgehead atoms. The van der Waals surface area contributed by atoms with E-state index in [1.807, 2.05) is 13.8 Å². The van der Waals surface area contributed by atoms with Crippen molar-refractivity contribution < 1.29 is 19.5 Å². The van der Waals surface area contributed by atoms with Gasteiger partial charge in [0.2, 0.25) is 11.8 Å². The van der Waals surface area contributed by atoms with Gasteiger partial charge in [0.05, 0.1) is 12.6 Å². The summed E-state index contributed by atoms with van der Waals surface area (Å²) in [7, 11) is 1.63. The Bertz CT molecular complexity index is 535. The maximum absolute atomic E-state index is 12.3. The smallest absolute Gasteiger partial charge is 0.331 e. The van der Waals surface area contributed by atoms with Crippen LogP contribution >= 0.6 is 0 Å². The molecule has 0 saturated carbocycles. The topological polar surface area (TPSA) is 98.7 Å². The first-order chi connectivity index (χ1) is 13.0. The molecule has 0 unspecified atom stereocenters. The number of likely N-dealkylation sites (N-methyl/N-ethyl adjacent to an activating group) is 1. The van der Waals surface area contributed by atoms with Gasteiger partial charge in [0.25, 0.3) is 0 Å². The zero-order valence-corrected chi connectivity index (χ0v) is 18.5. The lowest BCUT2D eigenvalue weighted by Gasteiger charge is -2.30. The third kappa shape index (κ3) is 10.4. The molecular weight excluding hydrogens is 358 g/mol. The minimum Gasteiger partial charge on any atom is -0.478 e. The normalized spacial score (nSPS) is 16.2. The lowest BCUT2D eigenvalue weighted by Crippen LogP contribution is -2.46. The highest BCUT2D eigenvalue weighted by molar-refractivity contribution is 5.87. The Morgan fingerprint density at radius 3 is 2.07 bits per heavy atom. The number of amides is 2. The van der Waals surface area contributed by atoms with Crippen molar-refractivity contribution >= 4 is 17.8 Å². The van der Waals surface area contributed by atoms with Crippen molar-refractivity contribution in [3.63, 3.8) is 0 Å². The van der Waals surface area contributed by atoms with Gasteiger partial charge in [0.15, 0.2) is 0 Å². The molecule has 0 aromatic heterocycles. The van der Waals surface area contributed by atoms with Gasteiger partial charge in [-0.3, -0.25) is 9.59 Å². The molecule has 1 fully saturated rings. The van der Waals surface area contributed by atoms with Gasteiger partial charge in [-0.1, -0.05) is 40.7 Å². The maximum atomic E-state index is 12.3. The number of hydrogen-bond donors (Lipinski definition) is 3. The third-order valence-corrected chi connectivity index (χ3v) is 4.41. The molecule has 28 heavy (non-hydrogen) atoms. The summed E-state index contributed by atoms with van der Waals surface area (Å²) < 4.78 is 0. The standard InChI is InChI=1S/C17H29N3O4.C4H10/c1-11(2)14(9-12(3)17(23)24)20(4)15(21)10-19-16(22)13-5-7-18-8-6-13;1-4(2)3/h9,11,13-14,18H,5-8,10H2,1-4H3,(H,19,22)(H,23,24);4H,1-3H3/b12-9+;/t14-;/m1./s1. The van der Waals surface area contributed by atoms with Gasteiger partial charge in [0, 0.05) is 18.5 Å². The van der Waals surface area contributed by atoms with Crippen LogP contribution in [0.5, 0.6) is 0 Å². The van der Waals surface area contributed by atoms with Crippen molar-refractivity contribution in [1.82, 2.24) is 15.5 Å². The fourth-order valence-electron chi connectivity index (χ4n) is 2.76. The Balaban J connectivity index is 0.00000165. The molecule has 0 aliphatic carbocycles. The number of piperidine rings is 1. The molecule has 7 nitrogen and oxygen atoms in total. The lowest BCUT2D eigenvalue weighted by molar-refractivity contribution is -0.135. The molecule has 1 atom stereocenters. The highest BCUT2D eigenvalue weighted by atomic mass is 16.4. The number of carbonyl (C=O) groups excluding carboxylic acids is 2. The monoisotopic (exact) mass is 397 g/mol. The summed E-state index contributed by atoms with van der Waals surface area (Å²) in [6.07, 6.45) is 3.15. The Morgan fingerprint density at radius 2 is 1.64 bits per heavy atom. The Morgan fingerprint density at radius 1 is 1.14 bits per heavy atom. The van der Waals surface area contributed by atoms with Crippen molar-refractivity contribution in [2.45, 2.75) is 60.4 Å². The summed E-state index contributed by atoms with van der Waals surface area (Å²) in [4.78, 5) is 37.0. The number of rotatable bonds is 7. The fourth-order valence-corrected chi connectivity index (χ4v) is 2.76. The van der Waals surface area contributed by atoms with E-state index in [1.165, 1.54) is 11.8 Å². The molecule has 0 radical (unpaired) electrons. The van der Waals surface area contributed by atoms with Gasteiger partial charge in [0.1, 0.15) is 0 Å². The van der Waals surface area contributed by atoms with E-state index in [1.54, 1.807) is 13.1 Å². The molecule has 162 valence electrons. The van der Waals surface area contributed by atoms with E-state index in [4.69, 9.17) is 5.11 Å². The molecule has 7 heteroatoms. The van der Waals surface area contributed by atoms with E-state index in [9.17, 15) is 14.4 Å². The zero-order valence-electron chi connectivity index (χ0n) is 18.5. The molecule has 0 aromatic carbocycles. The number of carbonyl (C=O) groups is 3. The minimum atomic E-state index is -0.999. The van der Waals surface area contributed by atoms with Crippen LogP contribution in [0.2, 0.25) is 0 Å². The predicted molar refractivity (Wildman–Crippen MR) is 112 cm³/mol. The van der Waals surface area contributed by atoms with Gasteiger partial charge < -0.3 is 20.6 Å². The summed E-state index contributed by atoms with van der Waals surface area (Å²) in [6, 6.07) is -0.329. The fraction of sp³-hybridized carbons (Fsp3) is 0.762. The minimum absolute atomic E-state index is 0.0422. The van der Waals surface area contributed by atoms with E-state index in [2.05, 4.69) is 31.4 Å². The van der Waals surface area contributed by atoms with E-state index < -0.39 is 5.97 Å². The molecule has 1 rings (SSSR count). The van der Waals surface area contributed by atoms with Crippen molar-refractivity contribution in [2.75, 3.05) is 26.7 Å². The van der Waals surface area contributed by atoms with Crippen LogP contribution in [0.25, 0.3) is 0 Å². The molecule has 0 aromatic rings. The summed E-state index contributed by atoms with van der Waals surface area (Å²) in [5.41, 5.74) is 0.201. The van der Waals surface area contributed by atoms with Crippen LogP contribution in [0.1, 0.15) is 54.4 Å². The predicted octanol–water partition coefficient (Wildman–Crippen LogP) is 2.28. The first-order valence-electron chi connectivity index (χ1n) is 10.1. The van der Waals surface area contributed by atoms with Crippen LogP contribution in [-0.2, 0) is 14.4 Å². The third-order valence-electron chi connectivity index (χ3n) is 4.41. The number of hydrogen-bond acceptors (Lipinski definition) is 4. The summed E-state index contributed by atoms with van der Waals surface area (Å²) in [6.45, 7) is 13.4. The molecule has 0 spiro atoms. The van der Waals surface area contributed by atoms with Gasteiger partial charge in [-0.15, -0.1) is 0 Å². The summed E-state index contributed by atoms with van der Waals surface area (Å²) >= 11 is 0. The number of carboxylic acids is 1. The van der Waals surface area contributed by atoms with Crippen molar-refractivity contribution in [3.05, 3.63) is 11.6 Å². The Hall–Kier alpha value is -1.89. The quantitative estimate of drug-likeness (QED) is 0.573. The molecule has 1 aliphatic rings. The van der Waals surface area contributed by atoms with Crippen LogP contribution in [0.4, 0.5) is 0 Å². The molecular formula is C21H39N3O4. The average Bonchev–Trinajstić information content (AvgIpc) is 2.62. The molecule has 1 aliphatic heterocycles. The van der Waals surface area contributed by atoms with Gasteiger partial charge in [-0.2, -0.15) is 0 Å². The number of nitrogens with one attached hydrogen (secondary N) is 2. The van der Waals surface area contributed by atoms with Crippen LogP contribution < -0.4 is 10.6 Å². The number of aliphatic carboxylic acids is 1. The van der Waals surface area contributed by atoms with E-state index in [-0.39, 0.29) is 41.8 Å². The SMILES string of the molecule is C/C(=C\[C@H](C(C)C)N(C)C(=O)CNC(=O)C1CCNCC1)C(=O)O.CC(C)C. The second kappa shape index (κ2) is 13.3. The van der Waals surface area contributed by atoms with Gasteiger partial charge in [-0.25, -0.2) is 4.79 Å². The number of nitrogens with zero attached hydrogens (tertiary/aromatic N) is 1. The van der Waals surface area contributed by atoms with Gasteiger partial charge >= 0.3 is 5.97 Å². The zero-order chi connectivity index (χ0) is 21.9. The maximum Gasteiger partial charge on any atom is 0.331 e.